The predicted octanol–water partition coefficient (Wildman–Crippen LogP) is 2.40. The predicted molar refractivity (Wildman–Crippen MR) is 92.1 cm³/mol. The van der Waals surface area contributed by atoms with Crippen molar-refractivity contribution in [2.45, 2.75) is 20.0 Å². The molecule has 2 aromatic heterocycles. The molecule has 0 saturated carbocycles. The van der Waals surface area contributed by atoms with E-state index in [1.54, 1.807) is 29.6 Å². The molecule has 4 rings (SSSR count). The quantitative estimate of drug-likeness (QED) is 0.719. The second-order valence-electron chi connectivity index (χ2n) is 6.06. The zero-order valence-electron chi connectivity index (χ0n) is 14.0. The molecule has 0 N–H and O–H groups in total. The standard InChI is InChI=1S/C18H17N5O2/c1-12-3-4-15-16(7-12)25-13(2)9-22(15)18(24)14-5-6-20-17(8-14)23-11-19-10-21-23/h3-8,10-11,13H,9H2,1-2H3/t13-/m0/s1. The fraction of sp³-hybridized carbons (Fsp3) is 0.222. The topological polar surface area (TPSA) is 73.1 Å². The molecule has 7 nitrogen and oxygen atoms in total. The lowest BCUT2D eigenvalue weighted by atomic mass is 10.1. The highest BCUT2D eigenvalue weighted by Crippen LogP contribution is 2.35. The van der Waals surface area contributed by atoms with E-state index in [-0.39, 0.29) is 12.0 Å². The molecule has 7 heteroatoms. The first-order chi connectivity index (χ1) is 12.1. The van der Waals surface area contributed by atoms with Crippen LogP contribution in [0.4, 0.5) is 5.69 Å². The van der Waals surface area contributed by atoms with Crippen molar-refractivity contribution >= 4 is 11.6 Å². The Morgan fingerprint density at radius 3 is 2.96 bits per heavy atom. The first kappa shape index (κ1) is 15.3. The highest BCUT2D eigenvalue weighted by Gasteiger charge is 2.28. The largest absolute Gasteiger partial charge is 0.487 e. The Morgan fingerprint density at radius 2 is 2.16 bits per heavy atom. The van der Waals surface area contributed by atoms with E-state index in [9.17, 15) is 4.79 Å². The number of rotatable bonds is 2. The molecule has 126 valence electrons. The number of hydrogen-bond donors (Lipinski definition) is 0. The molecular formula is C18H17N5O2. The Kier molecular flexibility index (Phi) is 3.68. The van der Waals surface area contributed by atoms with Gasteiger partial charge in [0.25, 0.3) is 5.91 Å². The maximum atomic E-state index is 13.1. The average molecular weight is 335 g/mol. The molecule has 25 heavy (non-hydrogen) atoms. The van der Waals surface area contributed by atoms with Crippen LogP contribution in [0.15, 0.2) is 49.2 Å². The van der Waals surface area contributed by atoms with Crippen LogP contribution in [-0.2, 0) is 0 Å². The number of carbonyl (C=O) groups is 1. The van der Waals surface area contributed by atoms with Crippen molar-refractivity contribution in [3.63, 3.8) is 0 Å². The van der Waals surface area contributed by atoms with Crippen LogP contribution < -0.4 is 9.64 Å². The van der Waals surface area contributed by atoms with Crippen molar-refractivity contribution in [1.82, 2.24) is 19.7 Å². The van der Waals surface area contributed by atoms with Crippen LogP contribution >= 0.6 is 0 Å². The Balaban J connectivity index is 1.71. The van der Waals surface area contributed by atoms with Crippen LogP contribution in [-0.4, -0.2) is 38.3 Å². The van der Waals surface area contributed by atoms with Gasteiger partial charge in [0, 0.05) is 11.8 Å². The Morgan fingerprint density at radius 1 is 1.28 bits per heavy atom. The summed E-state index contributed by atoms with van der Waals surface area (Å²) in [4.78, 5) is 23.0. The zero-order valence-corrected chi connectivity index (χ0v) is 14.0. The van der Waals surface area contributed by atoms with Crippen LogP contribution in [0, 0.1) is 6.92 Å². The second kappa shape index (κ2) is 6.01. The van der Waals surface area contributed by atoms with E-state index in [1.807, 2.05) is 32.0 Å². The lowest BCUT2D eigenvalue weighted by Gasteiger charge is -2.33. The maximum absolute atomic E-state index is 13.1. The molecule has 0 unspecified atom stereocenters. The van der Waals surface area contributed by atoms with E-state index in [0.29, 0.717) is 17.9 Å². The van der Waals surface area contributed by atoms with Crippen LogP contribution in [0.25, 0.3) is 5.82 Å². The van der Waals surface area contributed by atoms with E-state index in [2.05, 4.69) is 15.1 Å². The molecular weight excluding hydrogens is 318 g/mol. The van der Waals surface area contributed by atoms with Crippen molar-refractivity contribution in [2.75, 3.05) is 11.4 Å². The molecule has 3 aromatic rings. The van der Waals surface area contributed by atoms with Gasteiger partial charge in [-0.2, -0.15) is 5.10 Å². The third-order valence-corrected chi connectivity index (χ3v) is 4.07. The van der Waals surface area contributed by atoms with Gasteiger partial charge in [-0.25, -0.2) is 14.6 Å². The third kappa shape index (κ3) is 2.84. The van der Waals surface area contributed by atoms with Gasteiger partial charge in [-0.1, -0.05) is 6.07 Å². The Hall–Kier alpha value is -3.22. The maximum Gasteiger partial charge on any atom is 0.258 e. The number of anilines is 1. The number of nitrogens with zero attached hydrogens (tertiary/aromatic N) is 5. The van der Waals surface area contributed by atoms with Gasteiger partial charge in [0.2, 0.25) is 0 Å². The fourth-order valence-corrected chi connectivity index (χ4v) is 2.90. The number of hydrogen-bond acceptors (Lipinski definition) is 5. The van der Waals surface area contributed by atoms with Crippen molar-refractivity contribution in [3.8, 4) is 11.6 Å². The highest BCUT2D eigenvalue weighted by atomic mass is 16.5. The minimum Gasteiger partial charge on any atom is -0.487 e. The van der Waals surface area contributed by atoms with E-state index in [4.69, 9.17) is 4.74 Å². The smallest absolute Gasteiger partial charge is 0.258 e. The summed E-state index contributed by atoms with van der Waals surface area (Å²) in [7, 11) is 0. The van der Waals surface area contributed by atoms with Crippen LogP contribution in [0.2, 0.25) is 0 Å². The molecule has 0 saturated heterocycles. The van der Waals surface area contributed by atoms with Crippen molar-refractivity contribution < 1.29 is 9.53 Å². The van der Waals surface area contributed by atoms with Crippen molar-refractivity contribution in [2.24, 2.45) is 0 Å². The number of benzene rings is 1. The summed E-state index contributed by atoms with van der Waals surface area (Å²) in [5.41, 5.74) is 2.42. The number of amides is 1. The molecule has 0 fully saturated rings. The van der Waals surface area contributed by atoms with Gasteiger partial charge < -0.3 is 9.64 Å². The molecule has 1 aliphatic heterocycles. The number of ether oxygens (including phenoxy) is 1. The average Bonchev–Trinajstić information content (AvgIpc) is 3.15. The van der Waals surface area contributed by atoms with E-state index < -0.39 is 0 Å². The molecule has 1 amide bonds. The summed E-state index contributed by atoms with van der Waals surface area (Å²) >= 11 is 0. The highest BCUT2D eigenvalue weighted by molar-refractivity contribution is 6.07. The molecule has 0 aliphatic carbocycles. The van der Waals surface area contributed by atoms with Gasteiger partial charge in [-0.3, -0.25) is 4.79 Å². The molecule has 1 aliphatic rings. The number of aromatic nitrogens is 4. The molecule has 1 aromatic carbocycles. The summed E-state index contributed by atoms with van der Waals surface area (Å²) in [6.07, 6.45) is 4.50. The summed E-state index contributed by atoms with van der Waals surface area (Å²) < 4.78 is 7.41. The van der Waals surface area contributed by atoms with Crippen LogP contribution in [0.5, 0.6) is 5.75 Å². The fourth-order valence-electron chi connectivity index (χ4n) is 2.90. The minimum atomic E-state index is -0.0935. The first-order valence-electron chi connectivity index (χ1n) is 8.02. The second-order valence-corrected chi connectivity index (χ2v) is 6.06. The van der Waals surface area contributed by atoms with Gasteiger partial charge in [0.15, 0.2) is 5.82 Å². The van der Waals surface area contributed by atoms with E-state index in [1.165, 1.54) is 11.0 Å². The number of pyridine rings is 1. The molecule has 1 atom stereocenters. The molecule has 3 heterocycles. The van der Waals surface area contributed by atoms with Gasteiger partial charge in [-0.05, 0) is 43.7 Å². The Bertz CT molecular complexity index is 923. The lowest BCUT2D eigenvalue weighted by Crippen LogP contribution is -2.42. The van der Waals surface area contributed by atoms with Crippen molar-refractivity contribution in [3.05, 3.63) is 60.3 Å². The van der Waals surface area contributed by atoms with Gasteiger partial charge in [0.1, 0.15) is 24.5 Å². The summed E-state index contributed by atoms with van der Waals surface area (Å²) in [6.45, 7) is 4.46. The van der Waals surface area contributed by atoms with Crippen molar-refractivity contribution in [1.29, 1.82) is 0 Å². The number of carbonyl (C=O) groups excluding carboxylic acids is 1. The first-order valence-corrected chi connectivity index (χ1v) is 8.02. The van der Waals surface area contributed by atoms with E-state index >= 15 is 0 Å². The summed E-state index contributed by atoms with van der Waals surface area (Å²) in [5, 5.41) is 4.06. The summed E-state index contributed by atoms with van der Waals surface area (Å²) in [6, 6.07) is 9.28. The molecule has 0 bridgehead atoms. The third-order valence-electron chi connectivity index (χ3n) is 4.07. The SMILES string of the molecule is Cc1ccc2c(c1)O[C@@H](C)CN2C(=O)c1ccnc(-n2cncn2)c1. The van der Waals surface area contributed by atoms with Crippen LogP contribution in [0.3, 0.4) is 0 Å². The van der Waals surface area contributed by atoms with E-state index in [0.717, 1.165) is 17.0 Å². The Labute approximate surface area is 144 Å². The zero-order chi connectivity index (χ0) is 17.4. The molecule has 0 radical (unpaired) electrons. The minimum absolute atomic E-state index is 0.0742. The molecule has 0 spiro atoms. The lowest BCUT2D eigenvalue weighted by molar-refractivity contribution is 0.0961. The monoisotopic (exact) mass is 335 g/mol. The van der Waals surface area contributed by atoms with Gasteiger partial charge >= 0.3 is 0 Å². The number of aryl methyl sites for hydroxylation is 1. The summed E-state index contributed by atoms with van der Waals surface area (Å²) in [5.74, 6) is 1.19. The van der Waals surface area contributed by atoms with Gasteiger partial charge in [0.05, 0.1) is 12.2 Å². The van der Waals surface area contributed by atoms with Crippen LogP contribution in [0.1, 0.15) is 22.8 Å². The normalized spacial score (nSPS) is 16.2. The van der Waals surface area contributed by atoms with Gasteiger partial charge in [-0.15, -0.1) is 0 Å². The number of fused-ring (bicyclic) bond motifs is 1.